The maximum absolute atomic E-state index is 13.2. The van der Waals surface area contributed by atoms with Gasteiger partial charge < -0.3 is 15.0 Å². The molecule has 2 aromatic rings. The molecule has 132 valence electrons. The Morgan fingerprint density at radius 3 is 2.52 bits per heavy atom. The minimum absolute atomic E-state index is 0.0580. The molecule has 0 unspecified atom stereocenters. The molecule has 2 amide bonds. The monoisotopic (exact) mass is 354 g/mol. The van der Waals surface area contributed by atoms with Gasteiger partial charge in [0.25, 0.3) is 0 Å². The Labute approximate surface area is 140 Å². The van der Waals surface area contributed by atoms with Gasteiger partial charge in [-0.2, -0.15) is 5.10 Å². The first-order chi connectivity index (χ1) is 11.9. The number of benzene rings is 1. The van der Waals surface area contributed by atoms with Crippen LogP contribution in [0.3, 0.4) is 0 Å². The zero-order chi connectivity index (χ0) is 18.1. The molecule has 0 saturated heterocycles. The largest absolute Gasteiger partial charge is 0.465 e. The number of carbonyl (C=O) groups excluding carboxylic acids is 2. The van der Waals surface area contributed by atoms with Crippen LogP contribution in [0.4, 0.5) is 23.7 Å². The number of nitrogens with one attached hydrogen (secondary N) is 1. The third-order valence-corrected chi connectivity index (χ3v) is 3.80. The minimum atomic E-state index is -1.61. The van der Waals surface area contributed by atoms with Crippen LogP contribution in [0.15, 0.2) is 18.3 Å². The van der Waals surface area contributed by atoms with Gasteiger partial charge in [-0.25, -0.2) is 22.8 Å². The molecule has 2 heterocycles. The Morgan fingerprint density at radius 1 is 1.20 bits per heavy atom. The lowest BCUT2D eigenvalue weighted by Gasteiger charge is -2.28. The fourth-order valence-corrected chi connectivity index (χ4v) is 2.53. The molecule has 0 saturated carbocycles. The van der Waals surface area contributed by atoms with E-state index in [-0.39, 0.29) is 24.3 Å². The number of fused-ring (bicyclic) bond motifs is 1. The van der Waals surface area contributed by atoms with Gasteiger partial charge in [0.05, 0.1) is 32.1 Å². The highest BCUT2D eigenvalue weighted by molar-refractivity contribution is 5.91. The van der Waals surface area contributed by atoms with Gasteiger partial charge in [0, 0.05) is 24.4 Å². The molecule has 1 aromatic heterocycles. The van der Waals surface area contributed by atoms with E-state index in [9.17, 15) is 22.8 Å². The summed E-state index contributed by atoms with van der Waals surface area (Å²) in [4.78, 5) is 25.3. The van der Waals surface area contributed by atoms with Crippen LogP contribution in [0.1, 0.15) is 16.1 Å². The average molecular weight is 354 g/mol. The van der Waals surface area contributed by atoms with Gasteiger partial charge >= 0.3 is 12.0 Å². The molecule has 0 aliphatic carbocycles. The van der Waals surface area contributed by atoms with Crippen molar-refractivity contribution in [3.05, 3.63) is 47.0 Å². The van der Waals surface area contributed by atoms with Crippen LogP contribution < -0.4 is 5.32 Å². The summed E-state index contributed by atoms with van der Waals surface area (Å²) in [5, 5.41) is 6.35. The summed E-state index contributed by atoms with van der Waals surface area (Å²) >= 11 is 0. The second-order valence-electron chi connectivity index (χ2n) is 5.33. The van der Waals surface area contributed by atoms with Crippen molar-refractivity contribution in [1.29, 1.82) is 0 Å². The van der Waals surface area contributed by atoms with Gasteiger partial charge in [-0.3, -0.25) is 4.68 Å². The highest BCUT2D eigenvalue weighted by Crippen LogP contribution is 2.20. The molecule has 1 N–H and O–H groups in total. The third-order valence-electron chi connectivity index (χ3n) is 3.80. The molecule has 1 aliphatic rings. The predicted molar refractivity (Wildman–Crippen MR) is 79.3 cm³/mol. The number of hydrogen-bond donors (Lipinski definition) is 1. The number of ether oxygens (including phenoxy) is 1. The molecular weight excluding hydrogens is 341 g/mol. The van der Waals surface area contributed by atoms with Crippen molar-refractivity contribution in [3.63, 3.8) is 0 Å². The zero-order valence-corrected chi connectivity index (χ0v) is 13.1. The number of nitrogens with zero attached hydrogens (tertiary/aromatic N) is 3. The summed E-state index contributed by atoms with van der Waals surface area (Å²) in [6, 6.07) is 0.725. The van der Waals surface area contributed by atoms with Crippen LogP contribution in [0.25, 0.3) is 0 Å². The van der Waals surface area contributed by atoms with E-state index < -0.39 is 29.5 Å². The lowest BCUT2D eigenvalue weighted by atomic mass is 10.2. The first kappa shape index (κ1) is 16.8. The Hall–Kier alpha value is -3.04. The number of esters is 1. The number of halogens is 3. The SMILES string of the molecule is COC(=O)c1cnn2c1CN(C(=O)Nc1cc(F)c(F)c(F)c1)CC2. The number of rotatable bonds is 2. The van der Waals surface area contributed by atoms with E-state index in [0.717, 1.165) is 0 Å². The van der Waals surface area contributed by atoms with Crippen molar-refractivity contribution in [2.45, 2.75) is 13.1 Å². The lowest BCUT2D eigenvalue weighted by molar-refractivity contribution is 0.0597. The zero-order valence-electron chi connectivity index (χ0n) is 13.1. The summed E-state index contributed by atoms with van der Waals surface area (Å²) in [6.45, 7) is 0.668. The summed E-state index contributed by atoms with van der Waals surface area (Å²) < 4.78 is 45.6. The van der Waals surface area contributed by atoms with Gasteiger partial charge in [-0.1, -0.05) is 0 Å². The molecule has 25 heavy (non-hydrogen) atoms. The number of anilines is 1. The van der Waals surface area contributed by atoms with Crippen LogP contribution in [0.5, 0.6) is 0 Å². The smallest absolute Gasteiger partial charge is 0.341 e. The second kappa shape index (κ2) is 6.46. The van der Waals surface area contributed by atoms with Crippen molar-refractivity contribution in [1.82, 2.24) is 14.7 Å². The number of urea groups is 1. The molecule has 0 spiro atoms. The molecule has 0 bridgehead atoms. The van der Waals surface area contributed by atoms with Gasteiger partial charge in [-0.15, -0.1) is 0 Å². The quantitative estimate of drug-likeness (QED) is 0.662. The summed E-state index contributed by atoms with van der Waals surface area (Å²) in [6.07, 6.45) is 1.35. The van der Waals surface area contributed by atoms with E-state index in [2.05, 4.69) is 15.2 Å². The standard InChI is InChI=1S/C15H13F3N4O3/c1-25-14(23)9-6-19-22-3-2-21(7-12(9)22)15(24)20-8-4-10(16)13(18)11(17)5-8/h4-6H,2-3,7H2,1H3,(H,20,24). The molecule has 3 rings (SSSR count). The number of carbonyl (C=O) groups is 2. The van der Waals surface area contributed by atoms with E-state index in [4.69, 9.17) is 0 Å². The van der Waals surface area contributed by atoms with E-state index in [1.54, 1.807) is 4.68 Å². The fraction of sp³-hybridized carbons (Fsp3) is 0.267. The van der Waals surface area contributed by atoms with E-state index in [0.29, 0.717) is 24.4 Å². The Bertz CT molecular complexity index is 830. The number of aromatic nitrogens is 2. The van der Waals surface area contributed by atoms with Crippen LogP contribution in [-0.4, -0.2) is 40.3 Å². The lowest BCUT2D eigenvalue weighted by Crippen LogP contribution is -2.41. The van der Waals surface area contributed by atoms with Crippen molar-refractivity contribution in [3.8, 4) is 0 Å². The van der Waals surface area contributed by atoms with Gasteiger partial charge in [0.15, 0.2) is 17.5 Å². The molecular formula is C15H13F3N4O3. The first-order valence-electron chi connectivity index (χ1n) is 7.24. The van der Waals surface area contributed by atoms with Gasteiger partial charge in [0.2, 0.25) is 0 Å². The molecule has 7 nitrogen and oxygen atoms in total. The molecule has 0 atom stereocenters. The Balaban J connectivity index is 1.77. The van der Waals surface area contributed by atoms with E-state index in [1.807, 2.05) is 0 Å². The molecule has 0 radical (unpaired) electrons. The minimum Gasteiger partial charge on any atom is -0.465 e. The summed E-state index contributed by atoms with van der Waals surface area (Å²) in [7, 11) is 1.23. The Morgan fingerprint density at radius 2 is 1.88 bits per heavy atom. The van der Waals surface area contributed by atoms with E-state index >= 15 is 0 Å². The molecule has 1 aromatic carbocycles. The van der Waals surface area contributed by atoms with Crippen LogP contribution in [0.2, 0.25) is 0 Å². The average Bonchev–Trinajstić information content (AvgIpc) is 3.02. The predicted octanol–water partition coefficient (Wildman–Crippen LogP) is 2.13. The van der Waals surface area contributed by atoms with Crippen LogP contribution in [-0.2, 0) is 17.8 Å². The highest BCUT2D eigenvalue weighted by atomic mass is 19.2. The van der Waals surface area contributed by atoms with Crippen molar-refractivity contribution in [2.75, 3.05) is 19.0 Å². The first-order valence-corrected chi connectivity index (χ1v) is 7.24. The fourth-order valence-electron chi connectivity index (χ4n) is 2.53. The third kappa shape index (κ3) is 3.14. The molecule has 10 heteroatoms. The number of methoxy groups -OCH3 is 1. The van der Waals surface area contributed by atoms with Crippen molar-refractivity contribution >= 4 is 17.7 Å². The highest BCUT2D eigenvalue weighted by Gasteiger charge is 2.27. The molecule has 0 fully saturated rings. The van der Waals surface area contributed by atoms with Gasteiger partial charge in [0.1, 0.15) is 5.56 Å². The number of amides is 2. The van der Waals surface area contributed by atoms with Crippen LogP contribution in [0, 0.1) is 17.5 Å². The van der Waals surface area contributed by atoms with Crippen molar-refractivity contribution in [2.24, 2.45) is 0 Å². The topological polar surface area (TPSA) is 76.5 Å². The Kier molecular flexibility index (Phi) is 4.34. The maximum atomic E-state index is 13.2. The van der Waals surface area contributed by atoms with E-state index in [1.165, 1.54) is 18.2 Å². The van der Waals surface area contributed by atoms with Crippen LogP contribution >= 0.6 is 0 Å². The normalized spacial score (nSPS) is 13.4. The summed E-state index contributed by atoms with van der Waals surface area (Å²) in [5.74, 6) is -4.99. The molecule has 1 aliphatic heterocycles. The second-order valence-corrected chi connectivity index (χ2v) is 5.33. The van der Waals surface area contributed by atoms with Crippen molar-refractivity contribution < 1.29 is 27.5 Å². The summed E-state index contributed by atoms with van der Waals surface area (Å²) in [5.41, 5.74) is 0.511. The van der Waals surface area contributed by atoms with Gasteiger partial charge in [-0.05, 0) is 0 Å². The number of hydrogen-bond acceptors (Lipinski definition) is 4. The maximum Gasteiger partial charge on any atom is 0.341 e.